The maximum Gasteiger partial charge on any atom is 0.291 e. The van der Waals surface area contributed by atoms with Crippen LogP contribution >= 0.6 is 0 Å². The molecule has 1 saturated carbocycles. The molecular formula is C23H34N4O5. The van der Waals surface area contributed by atoms with Crippen molar-refractivity contribution < 1.29 is 18.8 Å². The quantitative estimate of drug-likeness (QED) is 0.767. The van der Waals surface area contributed by atoms with Crippen LogP contribution in [0.15, 0.2) is 9.32 Å². The summed E-state index contributed by atoms with van der Waals surface area (Å²) < 4.78 is 21.1. The number of nitrogens with one attached hydrogen (secondary N) is 1. The Hall–Kier alpha value is -2.39. The minimum atomic E-state index is -0.469. The Morgan fingerprint density at radius 2 is 1.88 bits per heavy atom. The largest absolute Gasteiger partial charge is 0.367 e. The fourth-order valence-electron chi connectivity index (χ4n) is 4.92. The molecule has 1 amide bonds. The van der Waals surface area contributed by atoms with Gasteiger partial charge in [-0.3, -0.25) is 14.3 Å². The molecule has 176 valence electrons. The van der Waals surface area contributed by atoms with E-state index in [9.17, 15) is 9.59 Å². The Labute approximate surface area is 188 Å². The molecule has 0 bridgehead atoms. The predicted octanol–water partition coefficient (Wildman–Crippen LogP) is 3.80. The minimum Gasteiger partial charge on any atom is -0.367 e. The van der Waals surface area contributed by atoms with Crippen molar-refractivity contribution in [2.75, 3.05) is 11.9 Å². The van der Waals surface area contributed by atoms with Gasteiger partial charge in [-0.05, 0) is 47.5 Å². The first-order valence-electron chi connectivity index (χ1n) is 11.5. The van der Waals surface area contributed by atoms with Crippen molar-refractivity contribution in [3.63, 3.8) is 0 Å². The number of carbonyl (C=O) groups excluding carboxylic acids is 1. The summed E-state index contributed by atoms with van der Waals surface area (Å²) in [6.07, 6.45) is 4.71. The van der Waals surface area contributed by atoms with Crippen molar-refractivity contribution in [3.05, 3.63) is 33.1 Å². The van der Waals surface area contributed by atoms with Crippen molar-refractivity contribution in [3.8, 4) is 0 Å². The first kappa shape index (κ1) is 22.8. The Kier molecular flexibility index (Phi) is 6.06. The molecule has 2 aromatic rings. The third kappa shape index (κ3) is 4.03. The first-order chi connectivity index (χ1) is 15.1. The SMILES string of the molecule is Cc1c(C(=O)Nc2c(C)n(C)n(C3CCCCC3)c2=O)noc1[C@@H]1OCC(C)(C)O[C@H]1C. The minimum absolute atomic E-state index is 0.146. The van der Waals surface area contributed by atoms with Crippen molar-refractivity contribution in [2.45, 2.75) is 90.6 Å². The van der Waals surface area contributed by atoms with Crippen LogP contribution in [0, 0.1) is 13.8 Å². The average Bonchev–Trinajstić information content (AvgIpc) is 3.21. The number of amides is 1. The topological polar surface area (TPSA) is 101 Å². The molecule has 9 heteroatoms. The number of rotatable bonds is 4. The van der Waals surface area contributed by atoms with E-state index >= 15 is 0 Å². The standard InChI is InChI=1S/C23H34N4O5/c1-13-17(25-32-19(13)20-15(3)31-23(4,5)12-30-20)21(28)24-18-14(2)26(6)27(22(18)29)16-10-8-7-9-11-16/h15-16,20H,7-12H2,1-6H3,(H,24,28)/t15-,20+/m0/s1. The van der Waals surface area contributed by atoms with Crippen LogP contribution in [0.3, 0.4) is 0 Å². The van der Waals surface area contributed by atoms with Crippen LogP contribution in [-0.2, 0) is 16.5 Å². The van der Waals surface area contributed by atoms with E-state index < -0.39 is 12.0 Å². The van der Waals surface area contributed by atoms with Crippen LogP contribution in [0.4, 0.5) is 5.69 Å². The van der Waals surface area contributed by atoms with Gasteiger partial charge in [0.15, 0.2) is 11.5 Å². The summed E-state index contributed by atoms with van der Waals surface area (Å²) in [7, 11) is 1.86. The van der Waals surface area contributed by atoms with Gasteiger partial charge in [0.05, 0.1) is 30.0 Å². The number of hydrogen-bond acceptors (Lipinski definition) is 6. The molecule has 1 N–H and O–H groups in total. The lowest BCUT2D eigenvalue weighted by Crippen LogP contribution is -2.43. The zero-order valence-corrected chi connectivity index (χ0v) is 19.9. The molecule has 0 spiro atoms. The molecule has 2 aliphatic rings. The van der Waals surface area contributed by atoms with Crippen molar-refractivity contribution in [1.29, 1.82) is 0 Å². The van der Waals surface area contributed by atoms with Crippen LogP contribution in [0.5, 0.6) is 0 Å². The molecule has 3 heterocycles. The number of nitrogens with zero attached hydrogens (tertiary/aromatic N) is 3. The van der Waals surface area contributed by atoms with E-state index in [4.69, 9.17) is 14.0 Å². The van der Waals surface area contributed by atoms with E-state index in [1.807, 2.05) is 39.4 Å². The van der Waals surface area contributed by atoms with E-state index in [-0.39, 0.29) is 29.0 Å². The highest BCUT2D eigenvalue weighted by molar-refractivity contribution is 6.04. The van der Waals surface area contributed by atoms with Crippen molar-refractivity contribution in [2.24, 2.45) is 7.05 Å². The summed E-state index contributed by atoms with van der Waals surface area (Å²) >= 11 is 0. The summed E-state index contributed by atoms with van der Waals surface area (Å²) in [5.41, 5.74) is 1.19. The Morgan fingerprint density at radius 1 is 1.19 bits per heavy atom. The van der Waals surface area contributed by atoms with Crippen LogP contribution in [0.2, 0.25) is 0 Å². The number of ether oxygens (including phenoxy) is 2. The van der Waals surface area contributed by atoms with E-state index in [0.717, 1.165) is 31.4 Å². The lowest BCUT2D eigenvalue weighted by molar-refractivity contribution is -0.219. The number of hydrogen-bond donors (Lipinski definition) is 1. The van der Waals surface area contributed by atoms with Crippen LogP contribution in [-0.4, -0.2) is 38.7 Å². The predicted molar refractivity (Wildman–Crippen MR) is 119 cm³/mol. The molecule has 9 nitrogen and oxygen atoms in total. The Bertz CT molecular complexity index is 1060. The Balaban J connectivity index is 1.56. The molecule has 1 aliphatic heterocycles. The molecule has 0 unspecified atom stereocenters. The van der Waals surface area contributed by atoms with E-state index in [0.29, 0.717) is 23.6 Å². The smallest absolute Gasteiger partial charge is 0.291 e. The van der Waals surface area contributed by atoms with E-state index in [2.05, 4.69) is 10.5 Å². The molecule has 0 radical (unpaired) electrons. The van der Waals surface area contributed by atoms with Gasteiger partial charge < -0.3 is 19.3 Å². The highest BCUT2D eigenvalue weighted by atomic mass is 16.6. The van der Waals surface area contributed by atoms with Crippen molar-refractivity contribution >= 4 is 11.6 Å². The molecule has 32 heavy (non-hydrogen) atoms. The number of anilines is 1. The zero-order valence-electron chi connectivity index (χ0n) is 19.9. The summed E-state index contributed by atoms with van der Waals surface area (Å²) in [4.78, 5) is 26.2. The molecule has 2 fully saturated rings. The van der Waals surface area contributed by atoms with Gasteiger partial charge in [0.25, 0.3) is 11.5 Å². The average molecular weight is 447 g/mol. The number of carbonyl (C=O) groups is 1. The van der Waals surface area contributed by atoms with Gasteiger partial charge in [0, 0.05) is 12.6 Å². The maximum atomic E-state index is 13.2. The van der Waals surface area contributed by atoms with Crippen LogP contribution in [0.25, 0.3) is 0 Å². The second kappa shape index (κ2) is 8.51. The molecule has 1 saturated heterocycles. The lowest BCUT2D eigenvalue weighted by atomic mass is 9.96. The molecule has 2 aromatic heterocycles. The first-order valence-corrected chi connectivity index (χ1v) is 11.5. The second-order valence-corrected chi connectivity index (χ2v) is 9.71. The van der Waals surface area contributed by atoms with Gasteiger partial charge in [-0.15, -0.1) is 0 Å². The van der Waals surface area contributed by atoms with Gasteiger partial charge >= 0.3 is 0 Å². The monoisotopic (exact) mass is 446 g/mol. The third-order valence-corrected chi connectivity index (χ3v) is 6.73. The van der Waals surface area contributed by atoms with E-state index in [1.165, 1.54) is 6.42 Å². The summed E-state index contributed by atoms with van der Waals surface area (Å²) in [5, 5.41) is 6.79. The van der Waals surface area contributed by atoms with Crippen LogP contribution < -0.4 is 10.9 Å². The van der Waals surface area contributed by atoms with Gasteiger partial charge in [-0.1, -0.05) is 24.4 Å². The van der Waals surface area contributed by atoms with Gasteiger partial charge in [0.1, 0.15) is 11.8 Å². The third-order valence-electron chi connectivity index (χ3n) is 6.73. The van der Waals surface area contributed by atoms with Crippen molar-refractivity contribution in [1.82, 2.24) is 14.5 Å². The molecule has 1 aliphatic carbocycles. The second-order valence-electron chi connectivity index (χ2n) is 9.71. The molecule has 2 atom stereocenters. The normalized spacial score (nSPS) is 23.9. The van der Waals surface area contributed by atoms with Gasteiger partial charge in [-0.2, -0.15) is 0 Å². The van der Waals surface area contributed by atoms with Gasteiger partial charge in [0.2, 0.25) is 0 Å². The highest BCUT2D eigenvalue weighted by Gasteiger charge is 2.39. The summed E-state index contributed by atoms with van der Waals surface area (Å²) in [5.74, 6) is 0.00588. The summed E-state index contributed by atoms with van der Waals surface area (Å²) in [6, 6.07) is 0.167. The Morgan fingerprint density at radius 3 is 2.53 bits per heavy atom. The van der Waals surface area contributed by atoms with Gasteiger partial charge in [-0.25, -0.2) is 4.68 Å². The highest BCUT2D eigenvalue weighted by Crippen LogP contribution is 2.35. The lowest BCUT2D eigenvalue weighted by Gasteiger charge is -2.38. The fourth-order valence-corrected chi connectivity index (χ4v) is 4.92. The molecular weight excluding hydrogens is 412 g/mol. The number of aromatic nitrogens is 3. The van der Waals surface area contributed by atoms with Crippen LogP contribution in [0.1, 0.15) is 92.5 Å². The fraction of sp³-hybridized carbons (Fsp3) is 0.696. The summed E-state index contributed by atoms with van der Waals surface area (Å²) in [6.45, 7) is 9.87. The van der Waals surface area contributed by atoms with E-state index in [1.54, 1.807) is 11.6 Å². The molecule has 4 rings (SSSR count). The zero-order chi connectivity index (χ0) is 23.2. The maximum absolute atomic E-state index is 13.2. The molecule has 0 aromatic carbocycles.